The average molecular weight is 155 g/mol. The highest BCUT2D eigenvalue weighted by molar-refractivity contribution is 5.87. The van der Waals surface area contributed by atoms with Crippen molar-refractivity contribution in [1.29, 1.82) is 0 Å². The van der Waals surface area contributed by atoms with Crippen molar-refractivity contribution < 1.29 is 4.79 Å². The summed E-state index contributed by atoms with van der Waals surface area (Å²) >= 11 is 0. The maximum absolute atomic E-state index is 10.8. The molecule has 0 saturated heterocycles. The standard InChI is InChI=1S/C9H17NO/c1-3-5-6-8-10-9(11)7-4-2/h4,7H,3,5-6,8H2,1-2H3,(H,10,11). The Bertz CT molecular complexity index is 130. The monoisotopic (exact) mass is 155 g/mol. The topological polar surface area (TPSA) is 29.1 Å². The van der Waals surface area contributed by atoms with E-state index in [2.05, 4.69) is 12.2 Å². The lowest BCUT2D eigenvalue weighted by molar-refractivity contribution is -0.116. The molecule has 0 aromatic carbocycles. The molecule has 1 amide bonds. The third-order valence-electron chi connectivity index (χ3n) is 1.40. The van der Waals surface area contributed by atoms with Gasteiger partial charge in [0.1, 0.15) is 0 Å². The number of nitrogens with one attached hydrogen (secondary N) is 1. The highest BCUT2D eigenvalue weighted by Gasteiger charge is 1.91. The average Bonchev–Trinajstić information content (AvgIpc) is 1.99. The van der Waals surface area contributed by atoms with Crippen LogP contribution < -0.4 is 5.32 Å². The van der Waals surface area contributed by atoms with Crippen LogP contribution in [0.3, 0.4) is 0 Å². The van der Waals surface area contributed by atoms with Crippen molar-refractivity contribution in [3.8, 4) is 0 Å². The SMILES string of the molecule is CC=CC(=O)NCCCCC. The van der Waals surface area contributed by atoms with E-state index in [9.17, 15) is 4.79 Å². The van der Waals surface area contributed by atoms with Gasteiger partial charge in [0.05, 0.1) is 0 Å². The maximum Gasteiger partial charge on any atom is 0.243 e. The van der Waals surface area contributed by atoms with Crippen molar-refractivity contribution in [2.24, 2.45) is 0 Å². The molecule has 1 N–H and O–H groups in total. The van der Waals surface area contributed by atoms with E-state index < -0.39 is 0 Å². The zero-order chi connectivity index (χ0) is 8.53. The fraction of sp³-hybridized carbons (Fsp3) is 0.667. The van der Waals surface area contributed by atoms with Crippen molar-refractivity contribution in [1.82, 2.24) is 5.32 Å². The van der Waals surface area contributed by atoms with Crippen molar-refractivity contribution in [2.75, 3.05) is 6.54 Å². The number of carbonyl (C=O) groups is 1. The first kappa shape index (κ1) is 10.2. The minimum atomic E-state index is 0.0172. The van der Waals surface area contributed by atoms with Gasteiger partial charge in [0.2, 0.25) is 5.91 Å². The first-order valence-electron chi connectivity index (χ1n) is 4.21. The van der Waals surface area contributed by atoms with Gasteiger partial charge in [0.25, 0.3) is 0 Å². The van der Waals surface area contributed by atoms with Crippen LogP contribution in [0.1, 0.15) is 33.1 Å². The van der Waals surface area contributed by atoms with E-state index in [0.29, 0.717) is 0 Å². The molecule has 0 aromatic rings. The zero-order valence-corrected chi connectivity index (χ0v) is 7.39. The summed E-state index contributed by atoms with van der Waals surface area (Å²) in [5.41, 5.74) is 0. The smallest absolute Gasteiger partial charge is 0.243 e. The minimum absolute atomic E-state index is 0.0172. The van der Waals surface area contributed by atoms with Crippen LogP contribution in [0.25, 0.3) is 0 Å². The second kappa shape index (κ2) is 7.32. The van der Waals surface area contributed by atoms with Crippen molar-refractivity contribution in [2.45, 2.75) is 33.1 Å². The Morgan fingerprint density at radius 2 is 2.18 bits per heavy atom. The Labute approximate surface area is 68.7 Å². The maximum atomic E-state index is 10.8. The van der Waals surface area contributed by atoms with Gasteiger partial charge in [-0.1, -0.05) is 25.8 Å². The van der Waals surface area contributed by atoms with Crippen LogP contribution in [0.4, 0.5) is 0 Å². The first-order valence-corrected chi connectivity index (χ1v) is 4.21. The van der Waals surface area contributed by atoms with Gasteiger partial charge in [-0.2, -0.15) is 0 Å². The Morgan fingerprint density at radius 1 is 1.45 bits per heavy atom. The molecule has 0 bridgehead atoms. The predicted molar refractivity (Wildman–Crippen MR) is 47.3 cm³/mol. The molecule has 0 aromatic heterocycles. The van der Waals surface area contributed by atoms with Crippen molar-refractivity contribution >= 4 is 5.91 Å². The lowest BCUT2D eigenvalue weighted by Crippen LogP contribution is -2.21. The van der Waals surface area contributed by atoms with Gasteiger partial charge < -0.3 is 5.32 Å². The van der Waals surface area contributed by atoms with Crippen LogP contribution >= 0.6 is 0 Å². The van der Waals surface area contributed by atoms with Gasteiger partial charge in [0.15, 0.2) is 0 Å². The lowest BCUT2D eigenvalue weighted by Gasteiger charge is -1.99. The molecule has 0 heterocycles. The van der Waals surface area contributed by atoms with E-state index in [1.807, 2.05) is 6.92 Å². The Balaban J connectivity index is 3.17. The normalized spacial score (nSPS) is 10.4. The second-order valence-corrected chi connectivity index (χ2v) is 2.50. The number of carbonyl (C=O) groups excluding carboxylic acids is 1. The van der Waals surface area contributed by atoms with E-state index in [1.54, 1.807) is 12.2 Å². The Kier molecular flexibility index (Phi) is 6.79. The molecule has 0 spiro atoms. The van der Waals surface area contributed by atoms with E-state index in [4.69, 9.17) is 0 Å². The third kappa shape index (κ3) is 7.10. The second-order valence-electron chi connectivity index (χ2n) is 2.50. The summed E-state index contributed by atoms with van der Waals surface area (Å²) in [6.07, 6.45) is 6.76. The largest absolute Gasteiger partial charge is 0.353 e. The van der Waals surface area contributed by atoms with E-state index in [1.165, 1.54) is 12.8 Å². The number of rotatable bonds is 5. The molecule has 0 aliphatic rings. The molecule has 11 heavy (non-hydrogen) atoms. The quantitative estimate of drug-likeness (QED) is 0.476. The number of hydrogen-bond acceptors (Lipinski definition) is 1. The summed E-state index contributed by atoms with van der Waals surface area (Å²) in [6, 6.07) is 0. The third-order valence-corrected chi connectivity index (χ3v) is 1.40. The number of unbranched alkanes of at least 4 members (excludes halogenated alkanes) is 2. The summed E-state index contributed by atoms with van der Waals surface area (Å²) in [6.45, 7) is 4.79. The van der Waals surface area contributed by atoms with Crippen LogP contribution in [0.5, 0.6) is 0 Å². The van der Waals surface area contributed by atoms with Gasteiger partial charge in [0, 0.05) is 6.54 Å². The fourth-order valence-electron chi connectivity index (χ4n) is 0.797. The number of allylic oxidation sites excluding steroid dienone is 1. The highest BCUT2D eigenvalue weighted by Crippen LogP contribution is 1.90. The molecule has 0 fully saturated rings. The molecule has 0 unspecified atom stereocenters. The molecule has 0 saturated carbocycles. The number of amides is 1. The summed E-state index contributed by atoms with van der Waals surface area (Å²) < 4.78 is 0. The molecular weight excluding hydrogens is 138 g/mol. The van der Waals surface area contributed by atoms with Crippen molar-refractivity contribution in [3.63, 3.8) is 0 Å². The van der Waals surface area contributed by atoms with Crippen molar-refractivity contribution in [3.05, 3.63) is 12.2 Å². The van der Waals surface area contributed by atoms with Crippen LogP contribution in [0.15, 0.2) is 12.2 Å². The first-order chi connectivity index (χ1) is 5.31. The molecular formula is C9H17NO. The van der Waals surface area contributed by atoms with Gasteiger partial charge >= 0.3 is 0 Å². The van der Waals surface area contributed by atoms with E-state index in [-0.39, 0.29) is 5.91 Å². The summed E-state index contributed by atoms with van der Waals surface area (Å²) in [5, 5.41) is 2.79. The molecule has 64 valence electrons. The predicted octanol–water partition coefficient (Wildman–Crippen LogP) is 1.87. The summed E-state index contributed by atoms with van der Waals surface area (Å²) in [5.74, 6) is 0.0172. The molecule has 2 nitrogen and oxygen atoms in total. The zero-order valence-electron chi connectivity index (χ0n) is 7.39. The molecule has 0 rings (SSSR count). The van der Waals surface area contributed by atoms with Gasteiger partial charge in [-0.3, -0.25) is 4.79 Å². The van der Waals surface area contributed by atoms with Gasteiger partial charge in [-0.15, -0.1) is 0 Å². The van der Waals surface area contributed by atoms with Crippen LogP contribution in [-0.2, 0) is 4.79 Å². The molecule has 0 aliphatic heterocycles. The Morgan fingerprint density at radius 3 is 2.73 bits per heavy atom. The van der Waals surface area contributed by atoms with Gasteiger partial charge in [-0.25, -0.2) is 0 Å². The molecule has 2 heteroatoms. The summed E-state index contributed by atoms with van der Waals surface area (Å²) in [7, 11) is 0. The molecule has 0 aliphatic carbocycles. The number of hydrogen-bond donors (Lipinski definition) is 1. The highest BCUT2D eigenvalue weighted by atomic mass is 16.1. The Hall–Kier alpha value is -0.790. The van der Waals surface area contributed by atoms with E-state index >= 15 is 0 Å². The van der Waals surface area contributed by atoms with Gasteiger partial charge in [-0.05, 0) is 19.4 Å². The molecule has 0 atom stereocenters. The lowest BCUT2D eigenvalue weighted by atomic mass is 10.2. The van der Waals surface area contributed by atoms with Crippen LogP contribution in [0.2, 0.25) is 0 Å². The van der Waals surface area contributed by atoms with Crippen LogP contribution in [0, 0.1) is 0 Å². The minimum Gasteiger partial charge on any atom is -0.353 e. The van der Waals surface area contributed by atoms with E-state index in [0.717, 1.165) is 13.0 Å². The fourth-order valence-corrected chi connectivity index (χ4v) is 0.797. The summed E-state index contributed by atoms with van der Waals surface area (Å²) in [4.78, 5) is 10.8. The molecule has 0 radical (unpaired) electrons. The van der Waals surface area contributed by atoms with Crippen LogP contribution in [-0.4, -0.2) is 12.5 Å².